The van der Waals surface area contributed by atoms with Crippen molar-refractivity contribution in [3.05, 3.63) is 57.1 Å². The van der Waals surface area contributed by atoms with Gasteiger partial charge in [-0.2, -0.15) is 0 Å². The maximum absolute atomic E-state index is 12.4. The Morgan fingerprint density at radius 2 is 1.57 bits per heavy atom. The van der Waals surface area contributed by atoms with Gasteiger partial charge in [-0.25, -0.2) is 0 Å². The van der Waals surface area contributed by atoms with E-state index >= 15 is 0 Å². The lowest BCUT2D eigenvalue weighted by Gasteiger charge is -2.20. The molecule has 0 aromatic heterocycles. The summed E-state index contributed by atoms with van der Waals surface area (Å²) in [6.07, 6.45) is 0. The van der Waals surface area contributed by atoms with Crippen LogP contribution in [0.2, 0.25) is 10.0 Å². The van der Waals surface area contributed by atoms with Crippen molar-refractivity contribution in [2.75, 3.05) is 30.3 Å². The summed E-state index contributed by atoms with van der Waals surface area (Å²) in [7, 11) is 0. The Morgan fingerprint density at radius 3 is 2.18 bits per heavy atom. The molecule has 0 saturated heterocycles. The summed E-state index contributed by atoms with van der Waals surface area (Å²) in [4.78, 5) is 26.6. The molecular weight excluding hydrogens is 397 g/mol. The van der Waals surface area contributed by atoms with E-state index in [1.54, 1.807) is 17.0 Å². The third-order valence-corrected chi connectivity index (χ3v) is 4.88. The monoisotopic (exact) mass is 421 g/mol. The Kier molecular flexibility index (Phi) is 7.87. The van der Waals surface area contributed by atoms with Crippen LogP contribution in [0.15, 0.2) is 30.3 Å². The molecule has 0 heterocycles. The van der Waals surface area contributed by atoms with Crippen LogP contribution < -0.4 is 10.6 Å². The summed E-state index contributed by atoms with van der Waals surface area (Å²) >= 11 is 12.2. The number of rotatable bonds is 7. The molecule has 150 valence electrons. The fourth-order valence-corrected chi connectivity index (χ4v) is 3.40. The van der Waals surface area contributed by atoms with Crippen molar-refractivity contribution in [1.82, 2.24) is 4.90 Å². The van der Waals surface area contributed by atoms with Gasteiger partial charge in [0.25, 0.3) is 0 Å². The Labute approximate surface area is 176 Å². The highest BCUT2D eigenvalue weighted by Crippen LogP contribution is 2.27. The lowest BCUT2D eigenvalue weighted by Crippen LogP contribution is -2.38. The molecule has 2 aromatic rings. The van der Waals surface area contributed by atoms with Crippen LogP contribution in [0.1, 0.15) is 23.6 Å². The highest BCUT2D eigenvalue weighted by Gasteiger charge is 2.16. The second-order valence-electron chi connectivity index (χ2n) is 6.80. The Hall–Kier alpha value is -2.08. The van der Waals surface area contributed by atoms with Gasteiger partial charge in [-0.15, -0.1) is 0 Å². The minimum absolute atomic E-state index is 0.0854. The molecule has 0 saturated carbocycles. The molecule has 0 aliphatic heterocycles. The zero-order chi connectivity index (χ0) is 20.8. The van der Waals surface area contributed by atoms with Gasteiger partial charge in [-0.3, -0.25) is 14.5 Å². The Morgan fingerprint density at radius 1 is 0.929 bits per heavy atom. The van der Waals surface area contributed by atoms with E-state index in [1.807, 2.05) is 45.9 Å². The van der Waals surface area contributed by atoms with E-state index in [-0.39, 0.29) is 24.9 Å². The van der Waals surface area contributed by atoms with Gasteiger partial charge in [-0.1, -0.05) is 42.3 Å². The molecule has 28 heavy (non-hydrogen) atoms. The van der Waals surface area contributed by atoms with E-state index in [2.05, 4.69) is 10.6 Å². The van der Waals surface area contributed by atoms with Crippen LogP contribution >= 0.6 is 23.2 Å². The molecule has 0 spiro atoms. The van der Waals surface area contributed by atoms with E-state index in [0.29, 0.717) is 28.0 Å². The number of nitrogens with zero attached hydrogens (tertiary/aromatic N) is 1. The molecule has 2 amide bonds. The maximum atomic E-state index is 12.4. The smallest absolute Gasteiger partial charge is 0.238 e. The van der Waals surface area contributed by atoms with Gasteiger partial charge < -0.3 is 10.6 Å². The van der Waals surface area contributed by atoms with Gasteiger partial charge >= 0.3 is 0 Å². The first-order valence-corrected chi connectivity index (χ1v) is 9.80. The average Bonchev–Trinajstić information content (AvgIpc) is 2.60. The molecule has 0 bridgehead atoms. The molecule has 0 unspecified atom stereocenters. The zero-order valence-corrected chi connectivity index (χ0v) is 18.0. The van der Waals surface area contributed by atoms with Crippen molar-refractivity contribution in [3.63, 3.8) is 0 Å². The molecule has 2 N–H and O–H groups in total. The highest BCUT2D eigenvalue weighted by atomic mass is 35.5. The van der Waals surface area contributed by atoms with Crippen LogP contribution in [-0.4, -0.2) is 36.3 Å². The topological polar surface area (TPSA) is 61.4 Å². The number of hydrogen-bond acceptors (Lipinski definition) is 3. The second kappa shape index (κ2) is 9.92. The summed E-state index contributed by atoms with van der Waals surface area (Å²) in [6.45, 7) is 8.37. The van der Waals surface area contributed by atoms with Gasteiger partial charge in [-0.05, 0) is 62.2 Å². The summed E-state index contributed by atoms with van der Waals surface area (Å²) < 4.78 is 0. The number of anilines is 2. The van der Waals surface area contributed by atoms with Crippen molar-refractivity contribution >= 4 is 46.4 Å². The summed E-state index contributed by atoms with van der Waals surface area (Å²) in [5.41, 5.74) is 4.12. The molecular formula is C21H25Cl2N3O2. The van der Waals surface area contributed by atoms with E-state index in [1.165, 1.54) is 0 Å². The predicted molar refractivity (Wildman–Crippen MR) is 116 cm³/mol. The molecule has 2 aromatic carbocycles. The van der Waals surface area contributed by atoms with Crippen molar-refractivity contribution < 1.29 is 9.59 Å². The van der Waals surface area contributed by atoms with E-state index in [9.17, 15) is 9.59 Å². The summed E-state index contributed by atoms with van der Waals surface area (Å²) in [6, 6.07) is 9.09. The van der Waals surface area contributed by atoms with E-state index in [0.717, 1.165) is 16.7 Å². The number of halogens is 2. The maximum Gasteiger partial charge on any atom is 0.238 e. The van der Waals surface area contributed by atoms with Crippen LogP contribution in [0.25, 0.3) is 0 Å². The van der Waals surface area contributed by atoms with Crippen molar-refractivity contribution in [2.24, 2.45) is 0 Å². The van der Waals surface area contributed by atoms with Gasteiger partial charge in [0, 0.05) is 10.7 Å². The van der Waals surface area contributed by atoms with Gasteiger partial charge in [0.05, 0.1) is 23.8 Å². The number of hydrogen-bond donors (Lipinski definition) is 2. The minimum Gasteiger partial charge on any atom is -0.325 e. The number of aryl methyl sites for hydroxylation is 3. The van der Waals surface area contributed by atoms with Crippen molar-refractivity contribution in [1.29, 1.82) is 0 Å². The first-order valence-electron chi connectivity index (χ1n) is 9.04. The van der Waals surface area contributed by atoms with E-state index in [4.69, 9.17) is 23.2 Å². The fraction of sp³-hybridized carbons (Fsp3) is 0.333. The number of likely N-dealkylation sites (N-methyl/N-ethyl adjacent to an activating group) is 1. The lowest BCUT2D eigenvalue weighted by atomic mass is 10.1. The number of nitrogens with one attached hydrogen (secondary N) is 2. The molecule has 0 fully saturated rings. The SMILES string of the molecule is CCN(CC(=O)Nc1cc(Cl)ccc1C)CC(=O)Nc1c(C)cc(C)cc1Cl. The molecule has 5 nitrogen and oxygen atoms in total. The third kappa shape index (κ3) is 6.23. The van der Waals surface area contributed by atoms with Crippen LogP contribution in [0.4, 0.5) is 11.4 Å². The third-order valence-electron chi connectivity index (χ3n) is 4.35. The molecule has 0 aliphatic rings. The summed E-state index contributed by atoms with van der Waals surface area (Å²) in [5, 5.41) is 6.75. The predicted octanol–water partition coefficient (Wildman–Crippen LogP) is 4.82. The number of benzene rings is 2. The fourth-order valence-electron chi connectivity index (χ4n) is 2.86. The van der Waals surface area contributed by atoms with Gasteiger partial charge in [0.15, 0.2) is 0 Å². The van der Waals surface area contributed by atoms with Gasteiger partial charge in [0.2, 0.25) is 11.8 Å². The summed E-state index contributed by atoms with van der Waals surface area (Å²) in [5.74, 6) is -0.424. The minimum atomic E-state index is -0.220. The molecule has 0 radical (unpaired) electrons. The molecule has 7 heteroatoms. The highest BCUT2D eigenvalue weighted by molar-refractivity contribution is 6.34. The number of amides is 2. The van der Waals surface area contributed by atoms with E-state index < -0.39 is 0 Å². The molecule has 0 aliphatic carbocycles. The first-order chi connectivity index (χ1) is 13.2. The zero-order valence-electron chi connectivity index (χ0n) is 16.5. The average molecular weight is 422 g/mol. The molecule has 0 atom stereocenters. The normalized spacial score (nSPS) is 10.8. The number of carbonyl (C=O) groups is 2. The van der Waals surface area contributed by atoms with Crippen molar-refractivity contribution in [2.45, 2.75) is 27.7 Å². The first kappa shape index (κ1) is 22.2. The largest absolute Gasteiger partial charge is 0.325 e. The standard InChI is InChI=1S/C21H25Cl2N3O2/c1-5-26(11-19(27)24-18-10-16(22)7-6-14(18)3)12-20(28)25-21-15(4)8-13(2)9-17(21)23/h6-10H,5,11-12H2,1-4H3,(H,24,27)(H,25,28). The second-order valence-corrected chi connectivity index (χ2v) is 7.64. The quantitative estimate of drug-likeness (QED) is 0.673. The number of carbonyl (C=O) groups excluding carboxylic acids is 2. The molecule has 2 rings (SSSR count). The lowest BCUT2D eigenvalue weighted by molar-refractivity contribution is -0.119. The van der Waals surface area contributed by atoms with Crippen LogP contribution in [-0.2, 0) is 9.59 Å². The Bertz CT molecular complexity index is 861. The van der Waals surface area contributed by atoms with Crippen LogP contribution in [0.5, 0.6) is 0 Å². The van der Waals surface area contributed by atoms with Crippen molar-refractivity contribution in [3.8, 4) is 0 Å². The van der Waals surface area contributed by atoms with Crippen LogP contribution in [0.3, 0.4) is 0 Å². The van der Waals surface area contributed by atoms with Gasteiger partial charge in [0.1, 0.15) is 0 Å². The Balaban J connectivity index is 1.97. The van der Waals surface area contributed by atoms with Crippen LogP contribution in [0, 0.1) is 20.8 Å².